The number of rotatable bonds is 27. The molecule has 0 aromatic heterocycles. The molecule has 0 radical (unpaired) electrons. The second-order valence-corrected chi connectivity index (χ2v) is 13.3. The number of carbonyl (C=O) groups is 6. The highest BCUT2D eigenvalue weighted by atomic mass is 16.5. The molecule has 1 aliphatic heterocycles. The zero-order chi connectivity index (χ0) is 42.5. The minimum absolute atomic E-state index is 0.0311. The Labute approximate surface area is 336 Å². The quantitative estimate of drug-likeness (QED) is 0.0295. The van der Waals surface area contributed by atoms with E-state index in [0.717, 1.165) is 0 Å². The van der Waals surface area contributed by atoms with Crippen molar-refractivity contribution in [3.05, 3.63) is 40.3 Å². The maximum Gasteiger partial charge on any atom is 0.320 e. The molecule has 0 bridgehead atoms. The molecule has 1 atom stereocenters. The van der Waals surface area contributed by atoms with Gasteiger partial charge in [-0.25, -0.2) is 0 Å². The lowest BCUT2D eigenvalue weighted by atomic mass is 10.1. The number of hydrogen-bond acceptors (Lipinski definition) is 14. The molecule has 22 nitrogen and oxygen atoms in total. The molecule has 1 aromatic carbocycles. The molecule has 1 unspecified atom stereocenters. The van der Waals surface area contributed by atoms with Crippen LogP contribution < -0.4 is 10.6 Å². The van der Waals surface area contributed by atoms with Gasteiger partial charge in [-0.15, -0.1) is 0 Å². The molecule has 22 heteroatoms. The van der Waals surface area contributed by atoms with Gasteiger partial charge in [-0.1, -0.05) is 17.2 Å². The van der Waals surface area contributed by atoms with Gasteiger partial charge in [0, 0.05) is 101 Å². The fourth-order valence-electron chi connectivity index (χ4n) is 5.88. The third-order valence-corrected chi connectivity index (χ3v) is 8.89. The second kappa shape index (κ2) is 29.3. The van der Waals surface area contributed by atoms with Crippen molar-refractivity contribution >= 4 is 41.4 Å². The van der Waals surface area contributed by atoms with Crippen LogP contribution in [0.5, 0.6) is 0 Å². The maximum atomic E-state index is 12.6. The van der Waals surface area contributed by atoms with Crippen molar-refractivity contribution in [2.45, 2.75) is 31.7 Å². The Bertz CT molecular complexity index is 1450. The van der Waals surface area contributed by atoms with E-state index < -0.39 is 29.9 Å². The van der Waals surface area contributed by atoms with E-state index >= 15 is 0 Å². The number of carboxylic acid groups (broad SMARTS) is 4. The minimum atomic E-state index is -1.17. The van der Waals surface area contributed by atoms with Crippen molar-refractivity contribution in [2.75, 3.05) is 125 Å². The van der Waals surface area contributed by atoms with Crippen molar-refractivity contribution in [3.8, 4) is 0 Å². The summed E-state index contributed by atoms with van der Waals surface area (Å²) >= 11 is 0. The molecule has 324 valence electrons. The van der Waals surface area contributed by atoms with Crippen LogP contribution in [0.15, 0.2) is 29.4 Å². The van der Waals surface area contributed by atoms with E-state index in [2.05, 4.69) is 20.7 Å². The van der Waals surface area contributed by atoms with Crippen LogP contribution >= 0.6 is 0 Å². The predicted molar refractivity (Wildman–Crippen MR) is 207 cm³/mol. The van der Waals surface area contributed by atoms with Crippen LogP contribution in [0.25, 0.3) is 10.4 Å². The van der Waals surface area contributed by atoms with E-state index in [9.17, 15) is 49.2 Å². The Morgan fingerprint density at radius 2 is 1.09 bits per heavy atom. The Balaban J connectivity index is 1.65. The molecule has 0 aliphatic carbocycles. The lowest BCUT2D eigenvalue weighted by Gasteiger charge is -2.35. The van der Waals surface area contributed by atoms with Crippen LogP contribution in [-0.4, -0.2) is 206 Å². The van der Waals surface area contributed by atoms with Gasteiger partial charge in [-0.3, -0.25) is 48.4 Å². The molecular weight excluding hydrogens is 766 g/mol. The summed E-state index contributed by atoms with van der Waals surface area (Å²) in [5.41, 5.74) is 9.33. The van der Waals surface area contributed by atoms with Gasteiger partial charge in [0.2, 0.25) is 5.91 Å². The molecule has 0 saturated carbocycles. The van der Waals surface area contributed by atoms with Crippen molar-refractivity contribution in [3.63, 3.8) is 0 Å². The Hall–Kier alpha value is -4.93. The van der Waals surface area contributed by atoms with Crippen molar-refractivity contribution < 1.29 is 63.4 Å². The average Bonchev–Trinajstić information content (AvgIpc) is 3.16. The van der Waals surface area contributed by atoms with E-state index in [0.29, 0.717) is 76.8 Å². The Morgan fingerprint density at radius 3 is 1.52 bits per heavy atom. The minimum Gasteiger partial charge on any atom is -0.480 e. The summed E-state index contributed by atoms with van der Waals surface area (Å²) in [7, 11) is 0. The van der Waals surface area contributed by atoms with E-state index in [1.54, 1.807) is 43.9 Å². The fourth-order valence-corrected chi connectivity index (χ4v) is 5.88. The fraction of sp³-hybridized carbons (Fsp3) is 0.667. The highest BCUT2D eigenvalue weighted by molar-refractivity contribution is 5.94. The van der Waals surface area contributed by atoms with Gasteiger partial charge < -0.3 is 45.3 Å². The summed E-state index contributed by atoms with van der Waals surface area (Å²) in [6.07, 6.45) is 1.01. The molecular formula is C36H57N9O13. The molecule has 0 spiro atoms. The molecule has 1 fully saturated rings. The number of aliphatic carboxylic acids is 4. The largest absolute Gasteiger partial charge is 0.480 e. The molecule has 2 amide bonds. The lowest BCUT2D eigenvalue weighted by Crippen LogP contribution is -2.52. The predicted octanol–water partition coefficient (Wildman–Crippen LogP) is 0.0132. The first kappa shape index (κ1) is 49.2. The summed E-state index contributed by atoms with van der Waals surface area (Å²) in [6.45, 7) is 3.41. The van der Waals surface area contributed by atoms with Gasteiger partial charge in [0.15, 0.2) is 0 Å². The van der Waals surface area contributed by atoms with E-state index in [1.807, 2.05) is 0 Å². The number of nitrogens with zero attached hydrogens (tertiary/aromatic N) is 7. The van der Waals surface area contributed by atoms with Gasteiger partial charge in [-0.05, 0) is 36.9 Å². The number of azide groups is 1. The summed E-state index contributed by atoms with van der Waals surface area (Å²) in [6, 6.07) is 5.18. The first-order valence-corrected chi connectivity index (χ1v) is 19.1. The first-order valence-electron chi connectivity index (χ1n) is 19.1. The summed E-state index contributed by atoms with van der Waals surface area (Å²) < 4.78 is 16.5. The SMILES string of the molecule is [N-]=[N+]=Nc1ccc(C(=O)NCCCOCCOCCOCCCNC(=O)CCC(C(=O)O)N2CCN(CC(=O)O)CCN(CC(=O)O)CCN(CC(=O)O)CC2)cc1. The number of nitrogens with one attached hydrogen (secondary N) is 2. The zero-order valence-electron chi connectivity index (χ0n) is 32.7. The normalized spacial score (nSPS) is 15.6. The summed E-state index contributed by atoms with van der Waals surface area (Å²) in [5.74, 6) is -5.00. The van der Waals surface area contributed by atoms with Crippen molar-refractivity contribution in [1.29, 1.82) is 0 Å². The van der Waals surface area contributed by atoms with E-state index in [-0.39, 0.29) is 96.6 Å². The lowest BCUT2D eigenvalue weighted by molar-refractivity contribution is -0.145. The summed E-state index contributed by atoms with van der Waals surface area (Å²) in [4.78, 5) is 80.8. The third kappa shape index (κ3) is 22.7. The van der Waals surface area contributed by atoms with Crippen LogP contribution in [0.3, 0.4) is 0 Å². The maximum absolute atomic E-state index is 12.6. The van der Waals surface area contributed by atoms with Gasteiger partial charge in [0.25, 0.3) is 5.91 Å². The average molecular weight is 824 g/mol. The highest BCUT2D eigenvalue weighted by Gasteiger charge is 2.28. The van der Waals surface area contributed by atoms with Crippen LogP contribution in [0.1, 0.15) is 36.0 Å². The van der Waals surface area contributed by atoms with Crippen LogP contribution in [-0.2, 0) is 38.2 Å². The van der Waals surface area contributed by atoms with Crippen LogP contribution in [0, 0.1) is 0 Å². The van der Waals surface area contributed by atoms with Gasteiger partial charge in [-0.2, -0.15) is 0 Å². The number of hydrogen-bond donors (Lipinski definition) is 6. The zero-order valence-corrected chi connectivity index (χ0v) is 32.7. The monoisotopic (exact) mass is 823 g/mol. The van der Waals surface area contributed by atoms with Crippen molar-refractivity contribution in [2.24, 2.45) is 5.11 Å². The molecule has 1 aromatic rings. The summed E-state index contributed by atoms with van der Waals surface area (Å²) in [5, 5.41) is 47.4. The van der Waals surface area contributed by atoms with Gasteiger partial charge >= 0.3 is 23.9 Å². The molecule has 1 aliphatic rings. The van der Waals surface area contributed by atoms with Crippen LogP contribution in [0.4, 0.5) is 5.69 Å². The van der Waals surface area contributed by atoms with Gasteiger partial charge in [0.1, 0.15) is 6.04 Å². The molecule has 2 rings (SSSR count). The Kier molecular flexibility index (Phi) is 24.9. The van der Waals surface area contributed by atoms with Gasteiger partial charge in [0.05, 0.1) is 46.1 Å². The number of carboxylic acids is 4. The first-order chi connectivity index (χ1) is 27.9. The Morgan fingerprint density at radius 1 is 0.655 bits per heavy atom. The molecule has 1 heterocycles. The van der Waals surface area contributed by atoms with Crippen molar-refractivity contribution in [1.82, 2.24) is 30.2 Å². The standard InChI is InChI=1S/C36H57N9O13/c37-41-40-29-5-3-28(4-6-29)35(53)39-10-2-20-57-22-24-58-23-21-56-19-1-9-38-31(46)8-7-30(36(54)55)45-17-15-43(26-33(49)50)13-11-42(25-32(47)48)12-14-44(16-18-45)27-34(51)52/h3-6,30H,1-2,7-27H2,(H,38,46)(H,39,53)(H,47,48)(H,49,50)(H,51,52)(H,54,55). The number of amides is 2. The van der Waals surface area contributed by atoms with Crippen LogP contribution in [0.2, 0.25) is 0 Å². The number of benzene rings is 1. The smallest absolute Gasteiger partial charge is 0.320 e. The van der Waals surface area contributed by atoms with E-state index in [1.165, 1.54) is 0 Å². The number of ether oxygens (including phenoxy) is 3. The third-order valence-electron chi connectivity index (χ3n) is 8.89. The second-order valence-electron chi connectivity index (χ2n) is 13.3. The van der Waals surface area contributed by atoms with E-state index in [4.69, 9.17) is 19.7 Å². The number of carbonyl (C=O) groups excluding carboxylic acids is 2. The highest BCUT2D eigenvalue weighted by Crippen LogP contribution is 2.13. The molecule has 58 heavy (non-hydrogen) atoms. The molecule has 6 N–H and O–H groups in total. The topological polar surface area (TPSA) is 297 Å². The molecule has 1 saturated heterocycles.